The van der Waals surface area contributed by atoms with Gasteiger partial charge in [-0.25, -0.2) is 0 Å². The fourth-order valence-electron chi connectivity index (χ4n) is 2.38. The average Bonchev–Trinajstić information content (AvgIpc) is 2.90. The zero-order valence-corrected chi connectivity index (χ0v) is 11.8. The molecule has 1 aliphatic rings. The first kappa shape index (κ1) is 12.7. The van der Waals surface area contributed by atoms with Gasteiger partial charge in [0, 0.05) is 15.8 Å². The van der Waals surface area contributed by atoms with E-state index in [1.165, 1.54) is 11.1 Å². The maximum atomic E-state index is 5.91. The van der Waals surface area contributed by atoms with E-state index in [4.69, 9.17) is 28.2 Å². The summed E-state index contributed by atoms with van der Waals surface area (Å²) < 4.78 is 0. The summed E-state index contributed by atoms with van der Waals surface area (Å²) in [5.74, 6) is 0. The van der Waals surface area contributed by atoms with Gasteiger partial charge in [0.15, 0.2) is 0 Å². The van der Waals surface area contributed by atoms with Crippen molar-refractivity contribution in [1.29, 1.82) is 0 Å². The maximum Gasteiger partial charge on any atom is 0.0756 e. The summed E-state index contributed by atoms with van der Waals surface area (Å²) in [5.41, 5.74) is 3.56. The fourth-order valence-corrected chi connectivity index (χ4v) is 2.63. The molecule has 1 nitrogen and oxygen atoms in total. The van der Waals surface area contributed by atoms with E-state index >= 15 is 0 Å². The highest BCUT2D eigenvalue weighted by Gasteiger charge is 2.19. The standard InChI is InChI=1S/C16H13Cl2N/c17-13-5-1-11(2-6-13)15-9-10-16(19-15)12-3-7-14(18)8-4-12/h1-8,15H,9-10H2. The molecular weight excluding hydrogens is 277 g/mol. The van der Waals surface area contributed by atoms with E-state index in [0.29, 0.717) is 0 Å². The molecule has 1 aliphatic heterocycles. The van der Waals surface area contributed by atoms with Crippen LogP contribution in [0.1, 0.15) is 30.0 Å². The second-order valence-electron chi connectivity index (χ2n) is 4.69. The van der Waals surface area contributed by atoms with Crippen molar-refractivity contribution in [3.8, 4) is 0 Å². The third-order valence-electron chi connectivity index (χ3n) is 3.40. The fraction of sp³-hybridized carbons (Fsp3) is 0.188. The van der Waals surface area contributed by atoms with Gasteiger partial charge in [-0.3, -0.25) is 4.99 Å². The highest BCUT2D eigenvalue weighted by molar-refractivity contribution is 6.30. The van der Waals surface area contributed by atoms with E-state index in [1.807, 2.05) is 36.4 Å². The van der Waals surface area contributed by atoms with Crippen molar-refractivity contribution in [1.82, 2.24) is 0 Å². The van der Waals surface area contributed by atoms with Crippen LogP contribution in [-0.2, 0) is 0 Å². The maximum absolute atomic E-state index is 5.91. The lowest BCUT2D eigenvalue weighted by molar-refractivity contribution is 0.723. The molecule has 0 radical (unpaired) electrons. The number of rotatable bonds is 2. The molecule has 0 saturated carbocycles. The van der Waals surface area contributed by atoms with Crippen LogP contribution in [0.5, 0.6) is 0 Å². The van der Waals surface area contributed by atoms with Crippen molar-refractivity contribution in [2.45, 2.75) is 18.9 Å². The van der Waals surface area contributed by atoms with Crippen molar-refractivity contribution < 1.29 is 0 Å². The van der Waals surface area contributed by atoms with Crippen LogP contribution in [0.2, 0.25) is 10.0 Å². The number of halogens is 2. The van der Waals surface area contributed by atoms with E-state index in [2.05, 4.69) is 12.1 Å². The Bertz CT molecular complexity index is 600. The van der Waals surface area contributed by atoms with E-state index in [9.17, 15) is 0 Å². The van der Waals surface area contributed by atoms with Gasteiger partial charge in [-0.2, -0.15) is 0 Å². The predicted octanol–water partition coefficient (Wildman–Crippen LogP) is 5.32. The zero-order valence-electron chi connectivity index (χ0n) is 10.3. The molecule has 0 aromatic heterocycles. The highest BCUT2D eigenvalue weighted by atomic mass is 35.5. The first-order valence-electron chi connectivity index (χ1n) is 6.30. The Kier molecular flexibility index (Phi) is 3.58. The van der Waals surface area contributed by atoms with Gasteiger partial charge in [-0.05, 0) is 48.2 Å². The van der Waals surface area contributed by atoms with E-state index in [-0.39, 0.29) is 6.04 Å². The summed E-state index contributed by atoms with van der Waals surface area (Å²) in [6.07, 6.45) is 2.06. The molecule has 2 aromatic rings. The molecule has 3 rings (SSSR count). The number of hydrogen-bond acceptors (Lipinski definition) is 1. The predicted molar refractivity (Wildman–Crippen MR) is 81.4 cm³/mol. The number of benzene rings is 2. The molecule has 0 saturated heterocycles. The van der Waals surface area contributed by atoms with Gasteiger partial charge in [0.05, 0.1) is 6.04 Å². The summed E-state index contributed by atoms with van der Waals surface area (Å²) in [6, 6.07) is 16.1. The van der Waals surface area contributed by atoms with Crippen LogP contribution in [0.4, 0.5) is 0 Å². The third-order valence-corrected chi connectivity index (χ3v) is 3.90. The van der Waals surface area contributed by atoms with E-state index in [1.54, 1.807) is 0 Å². The summed E-state index contributed by atoms with van der Waals surface area (Å²) in [7, 11) is 0. The van der Waals surface area contributed by atoms with Gasteiger partial charge in [0.1, 0.15) is 0 Å². The van der Waals surface area contributed by atoms with Crippen molar-refractivity contribution in [3.63, 3.8) is 0 Å². The number of nitrogens with zero attached hydrogens (tertiary/aromatic N) is 1. The van der Waals surface area contributed by atoms with E-state index < -0.39 is 0 Å². The summed E-state index contributed by atoms with van der Waals surface area (Å²) in [4.78, 5) is 4.82. The Hall–Kier alpha value is -1.31. The lowest BCUT2D eigenvalue weighted by Gasteiger charge is -2.06. The van der Waals surface area contributed by atoms with E-state index in [0.717, 1.165) is 28.6 Å². The quantitative estimate of drug-likeness (QED) is 0.710. The Balaban J connectivity index is 1.84. The molecule has 0 N–H and O–H groups in total. The largest absolute Gasteiger partial charge is 0.281 e. The van der Waals surface area contributed by atoms with Gasteiger partial charge in [-0.1, -0.05) is 47.5 Å². The molecule has 96 valence electrons. The van der Waals surface area contributed by atoms with Crippen molar-refractivity contribution in [2.24, 2.45) is 4.99 Å². The Morgan fingerprint density at radius 3 is 2.05 bits per heavy atom. The minimum atomic E-state index is 0.253. The molecule has 2 aromatic carbocycles. The van der Waals surface area contributed by atoms with Crippen LogP contribution in [0, 0.1) is 0 Å². The molecule has 1 atom stereocenters. The molecule has 1 unspecified atom stereocenters. The second kappa shape index (κ2) is 5.36. The van der Waals surface area contributed by atoms with Gasteiger partial charge >= 0.3 is 0 Å². The van der Waals surface area contributed by atoms with Gasteiger partial charge in [0.2, 0.25) is 0 Å². The molecular formula is C16H13Cl2N. The van der Waals surface area contributed by atoms with Crippen LogP contribution in [0.3, 0.4) is 0 Å². The average molecular weight is 290 g/mol. The van der Waals surface area contributed by atoms with Crippen LogP contribution in [0.25, 0.3) is 0 Å². The smallest absolute Gasteiger partial charge is 0.0756 e. The second-order valence-corrected chi connectivity index (χ2v) is 5.56. The topological polar surface area (TPSA) is 12.4 Å². The Morgan fingerprint density at radius 2 is 1.42 bits per heavy atom. The zero-order chi connectivity index (χ0) is 13.2. The summed E-state index contributed by atoms with van der Waals surface area (Å²) in [6.45, 7) is 0. The normalized spacial score (nSPS) is 18.4. The summed E-state index contributed by atoms with van der Waals surface area (Å²) >= 11 is 11.8. The SMILES string of the molecule is Clc1ccc(C2=NC(c3ccc(Cl)cc3)CC2)cc1. The van der Waals surface area contributed by atoms with Crippen LogP contribution in [0.15, 0.2) is 53.5 Å². The monoisotopic (exact) mass is 289 g/mol. The van der Waals surface area contributed by atoms with Gasteiger partial charge < -0.3 is 0 Å². The minimum Gasteiger partial charge on any atom is -0.281 e. The molecule has 0 fully saturated rings. The number of aliphatic imine (C=N–C) groups is 1. The molecule has 0 bridgehead atoms. The molecule has 0 aliphatic carbocycles. The van der Waals surface area contributed by atoms with Gasteiger partial charge in [-0.15, -0.1) is 0 Å². The minimum absolute atomic E-state index is 0.253. The number of hydrogen-bond donors (Lipinski definition) is 0. The van der Waals surface area contributed by atoms with Crippen LogP contribution >= 0.6 is 23.2 Å². The molecule has 3 heteroatoms. The summed E-state index contributed by atoms with van der Waals surface area (Å²) in [5, 5.41) is 1.53. The van der Waals surface area contributed by atoms with Crippen molar-refractivity contribution >= 4 is 28.9 Å². The third kappa shape index (κ3) is 2.83. The van der Waals surface area contributed by atoms with Gasteiger partial charge in [0.25, 0.3) is 0 Å². The molecule has 19 heavy (non-hydrogen) atoms. The van der Waals surface area contributed by atoms with Crippen LogP contribution < -0.4 is 0 Å². The van der Waals surface area contributed by atoms with Crippen LogP contribution in [-0.4, -0.2) is 5.71 Å². The first-order chi connectivity index (χ1) is 9.22. The molecule has 0 spiro atoms. The van der Waals surface area contributed by atoms with Crippen molar-refractivity contribution in [2.75, 3.05) is 0 Å². The Labute approximate surface area is 122 Å². The van der Waals surface area contributed by atoms with Crippen molar-refractivity contribution in [3.05, 3.63) is 69.7 Å². The molecule has 0 amide bonds. The lowest BCUT2D eigenvalue weighted by atomic mass is 10.0. The molecule has 1 heterocycles. The first-order valence-corrected chi connectivity index (χ1v) is 7.06. The lowest BCUT2D eigenvalue weighted by Crippen LogP contribution is -1.94. The highest BCUT2D eigenvalue weighted by Crippen LogP contribution is 2.31. The Morgan fingerprint density at radius 1 is 0.842 bits per heavy atom.